The number of aromatic nitrogens is 4. The number of hydrogen-bond donors (Lipinski definition) is 1. The molecule has 2 N–H and O–H groups in total. The molecule has 1 aliphatic rings. The fourth-order valence-electron chi connectivity index (χ4n) is 3.78. The van der Waals surface area contributed by atoms with E-state index in [0.717, 1.165) is 17.3 Å². The van der Waals surface area contributed by atoms with Crippen LogP contribution in [0.1, 0.15) is 37.6 Å². The minimum absolute atomic E-state index is 0.0899. The normalized spacial score (nSPS) is 13.2. The molecule has 4 rings (SSSR count). The smallest absolute Gasteiger partial charge is 0.410 e. The lowest BCUT2D eigenvalue weighted by atomic mass is 10.00. The van der Waals surface area contributed by atoms with Crippen LogP contribution < -0.4 is 10.5 Å². The SMILES string of the molecule is Cc1cc(Cl)cc(OCCn2cc(F)cn2)c1-c1nc(N)nc2c1CN(C(=O)OC(C)(C)C)C2. The molecule has 11 heteroatoms. The third-order valence-electron chi connectivity index (χ3n) is 5.13. The van der Waals surface area contributed by atoms with E-state index in [9.17, 15) is 9.18 Å². The van der Waals surface area contributed by atoms with E-state index in [-0.39, 0.29) is 25.6 Å². The van der Waals surface area contributed by atoms with Gasteiger partial charge in [0.2, 0.25) is 5.95 Å². The van der Waals surface area contributed by atoms with Gasteiger partial charge >= 0.3 is 6.09 Å². The molecule has 3 aromatic rings. The summed E-state index contributed by atoms with van der Waals surface area (Å²) < 4.78 is 26.2. The van der Waals surface area contributed by atoms with Crippen LogP contribution in [0.15, 0.2) is 24.5 Å². The van der Waals surface area contributed by atoms with Crippen LogP contribution in [-0.2, 0) is 24.4 Å². The van der Waals surface area contributed by atoms with Gasteiger partial charge in [-0.15, -0.1) is 0 Å². The molecule has 0 radical (unpaired) electrons. The number of benzene rings is 1. The Morgan fingerprint density at radius 3 is 2.71 bits per heavy atom. The highest BCUT2D eigenvalue weighted by Gasteiger charge is 2.32. The molecular formula is C23H26ClFN6O3. The van der Waals surface area contributed by atoms with Crippen molar-refractivity contribution in [2.45, 2.75) is 52.9 Å². The van der Waals surface area contributed by atoms with Crippen LogP contribution in [0.4, 0.5) is 15.1 Å². The quantitative estimate of drug-likeness (QED) is 0.568. The average molecular weight is 489 g/mol. The molecule has 0 aliphatic carbocycles. The van der Waals surface area contributed by atoms with Crippen molar-refractivity contribution in [2.75, 3.05) is 12.3 Å². The fraction of sp³-hybridized carbons (Fsp3) is 0.391. The van der Waals surface area contributed by atoms with Gasteiger partial charge in [0.05, 0.1) is 43.4 Å². The number of fused-ring (bicyclic) bond motifs is 1. The standard InChI is InChI=1S/C23H26ClFN6O3/c1-13-7-14(24)8-18(33-6-5-31-10-15(25)9-27-31)19(13)20-16-11-30(22(32)34-23(2,3)4)12-17(16)28-21(26)29-20/h7-10H,5-6,11-12H2,1-4H3,(H2,26,28,29). The molecule has 0 saturated carbocycles. The molecule has 0 unspecified atom stereocenters. The Morgan fingerprint density at radius 1 is 1.26 bits per heavy atom. The summed E-state index contributed by atoms with van der Waals surface area (Å²) in [6.07, 6.45) is 1.99. The number of amides is 1. The minimum atomic E-state index is -0.620. The summed E-state index contributed by atoms with van der Waals surface area (Å²) in [5.41, 5.74) is 8.93. The van der Waals surface area contributed by atoms with Crippen molar-refractivity contribution in [2.24, 2.45) is 0 Å². The van der Waals surface area contributed by atoms with E-state index in [1.165, 1.54) is 10.9 Å². The van der Waals surface area contributed by atoms with Gasteiger partial charge in [0.1, 0.15) is 18.0 Å². The second-order valence-electron chi connectivity index (χ2n) is 9.06. The van der Waals surface area contributed by atoms with E-state index in [4.69, 9.17) is 26.8 Å². The zero-order chi connectivity index (χ0) is 24.6. The maximum Gasteiger partial charge on any atom is 0.410 e. The van der Waals surface area contributed by atoms with Crippen molar-refractivity contribution < 1.29 is 18.7 Å². The molecule has 180 valence electrons. The first-order valence-electron chi connectivity index (χ1n) is 10.7. The van der Waals surface area contributed by atoms with Gasteiger partial charge in [-0.05, 0) is 45.4 Å². The monoisotopic (exact) mass is 488 g/mol. The van der Waals surface area contributed by atoms with Crippen molar-refractivity contribution in [3.05, 3.63) is 52.2 Å². The molecule has 3 heterocycles. The number of halogens is 2. The Hall–Kier alpha value is -3.40. The molecular weight excluding hydrogens is 463 g/mol. The van der Waals surface area contributed by atoms with Crippen LogP contribution in [0.3, 0.4) is 0 Å². The number of anilines is 1. The summed E-state index contributed by atoms with van der Waals surface area (Å²) in [5, 5.41) is 4.42. The Balaban J connectivity index is 1.66. The molecule has 1 aromatic carbocycles. The molecule has 34 heavy (non-hydrogen) atoms. The average Bonchev–Trinajstić information content (AvgIpc) is 3.32. The molecule has 2 aromatic heterocycles. The van der Waals surface area contributed by atoms with E-state index in [1.54, 1.807) is 17.0 Å². The van der Waals surface area contributed by atoms with Crippen molar-refractivity contribution in [1.82, 2.24) is 24.6 Å². The van der Waals surface area contributed by atoms with Gasteiger partial charge in [0.15, 0.2) is 5.82 Å². The van der Waals surface area contributed by atoms with E-state index >= 15 is 0 Å². The molecule has 0 saturated heterocycles. The molecule has 0 fully saturated rings. The highest BCUT2D eigenvalue weighted by Crippen LogP contribution is 2.40. The van der Waals surface area contributed by atoms with Crippen LogP contribution in [0, 0.1) is 12.7 Å². The molecule has 0 atom stereocenters. The first-order valence-corrected chi connectivity index (χ1v) is 11.1. The number of nitrogens with two attached hydrogens (primary N) is 1. The summed E-state index contributed by atoms with van der Waals surface area (Å²) in [6.45, 7) is 8.43. The van der Waals surface area contributed by atoms with Crippen LogP contribution in [0.5, 0.6) is 5.75 Å². The zero-order valence-corrected chi connectivity index (χ0v) is 20.2. The van der Waals surface area contributed by atoms with E-state index < -0.39 is 17.5 Å². The summed E-state index contributed by atoms with van der Waals surface area (Å²) in [5.74, 6) is 0.168. The van der Waals surface area contributed by atoms with Crippen molar-refractivity contribution in [3.63, 3.8) is 0 Å². The second-order valence-corrected chi connectivity index (χ2v) is 9.49. The van der Waals surface area contributed by atoms with Crippen molar-refractivity contribution >= 4 is 23.6 Å². The Morgan fingerprint density at radius 2 is 2.03 bits per heavy atom. The Labute approximate surface area is 201 Å². The number of hydrogen-bond acceptors (Lipinski definition) is 7. The number of nitrogens with zero attached hydrogens (tertiary/aromatic N) is 5. The lowest BCUT2D eigenvalue weighted by Crippen LogP contribution is -2.33. The third kappa shape index (κ3) is 5.22. The summed E-state index contributed by atoms with van der Waals surface area (Å²) in [7, 11) is 0. The number of nitrogen functional groups attached to an aromatic ring is 1. The second kappa shape index (κ2) is 9.09. The van der Waals surface area contributed by atoms with Crippen molar-refractivity contribution in [3.8, 4) is 17.0 Å². The van der Waals surface area contributed by atoms with E-state index in [1.807, 2.05) is 27.7 Å². The van der Waals surface area contributed by atoms with Gasteiger partial charge in [-0.1, -0.05) is 11.6 Å². The van der Waals surface area contributed by atoms with E-state index in [2.05, 4.69) is 15.1 Å². The summed E-state index contributed by atoms with van der Waals surface area (Å²) in [6, 6.07) is 3.50. The molecule has 1 aliphatic heterocycles. The lowest BCUT2D eigenvalue weighted by Gasteiger charge is -2.24. The third-order valence-corrected chi connectivity index (χ3v) is 5.35. The number of carbonyl (C=O) groups is 1. The molecule has 0 bridgehead atoms. The topological polar surface area (TPSA) is 108 Å². The van der Waals surface area contributed by atoms with Crippen LogP contribution >= 0.6 is 11.6 Å². The van der Waals surface area contributed by atoms with E-state index in [0.29, 0.717) is 34.3 Å². The highest BCUT2D eigenvalue weighted by molar-refractivity contribution is 6.31. The van der Waals surface area contributed by atoms with Gasteiger partial charge in [-0.3, -0.25) is 9.58 Å². The molecule has 0 spiro atoms. The van der Waals surface area contributed by atoms with Crippen LogP contribution in [0.2, 0.25) is 5.02 Å². The fourth-order valence-corrected chi connectivity index (χ4v) is 4.04. The lowest BCUT2D eigenvalue weighted by molar-refractivity contribution is 0.0241. The predicted molar refractivity (Wildman–Crippen MR) is 125 cm³/mol. The number of ether oxygens (including phenoxy) is 2. The van der Waals surface area contributed by atoms with Crippen LogP contribution in [0.25, 0.3) is 11.3 Å². The molecule has 9 nitrogen and oxygen atoms in total. The van der Waals surface area contributed by atoms with Gasteiger partial charge in [-0.25, -0.2) is 19.2 Å². The van der Waals surface area contributed by atoms with Gasteiger partial charge in [0.25, 0.3) is 0 Å². The highest BCUT2D eigenvalue weighted by atomic mass is 35.5. The van der Waals surface area contributed by atoms with Crippen molar-refractivity contribution in [1.29, 1.82) is 0 Å². The number of carbonyl (C=O) groups excluding carboxylic acids is 1. The van der Waals surface area contributed by atoms with Crippen LogP contribution in [-0.4, -0.2) is 42.9 Å². The van der Waals surface area contributed by atoms with Gasteiger partial charge in [0, 0.05) is 16.1 Å². The zero-order valence-electron chi connectivity index (χ0n) is 19.4. The summed E-state index contributed by atoms with van der Waals surface area (Å²) >= 11 is 6.31. The van der Waals surface area contributed by atoms with Gasteiger partial charge in [-0.2, -0.15) is 5.10 Å². The predicted octanol–water partition coefficient (Wildman–Crippen LogP) is 4.35. The first-order chi connectivity index (χ1) is 16.0. The van der Waals surface area contributed by atoms with Gasteiger partial charge < -0.3 is 15.2 Å². The Bertz CT molecular complexity index is 1240. The Kier molecular flexibility index (Phi) is 6.35. The summed E-state index contributed by atoms with van der Waals surface area (Å²) in [4.78, 5) is 23.1. The minimum Gasteiger partial charge on any atom is -0.491 e. The maximum absolute atomic E-state index is 13.2. The maximum atomic E-state index is 13.2. The number of aryl methyl sites for hydroxylation is 1. The first kappa shape index (κ1) is 23.7. The molecule has 1 amide bonds. The number of rotatable bonds is 5. The largest absolute Gasteiger partial charge is 0.491 e.